The smallest absolute Gasteiger partial charge is 0.239 e. The van der Waals surface area contributed by atoms with E-state index in [1.54, 1.807) is 0 Å². The van der Waals surface area contributed by atoms with E-state index in [0.29, 0.717) is 0 Å². The molecule has 0 aromatic carbocycles. The van der Waals surface area contributed by atoms with Gasteiger partial charge in [-0.2, -0.15) is 5.10 Å². The third-order valence-corrected chi connectivity index (χ3v) is 3.05. The quantitative estimate of drug-likeness (QED) is 0.829. The Balaban J connectivity index is 2.73. The maximum Gasteiger partial charge on any atom is 0.239 e. The lowest BCUT2D eigenvalue weighted by Gasteiger charge is -2.15. The number of nitrogens with one attached hydrogen (secondary N) is 2. The number of carbonyl (C=O) groups excluding carboxylic acids is 2. The number of rotatable bonds is 5. The first kappa shape index (κ1) is 15.2. The molecule has 0 aliphatic carbocycles. The van der Waals surface area contributed by atoms with Gasteiger partial charge in [0.15, 0.2) is 0 Å². The molecule has 0 aliphatic rings. The summed E-state index contributed by atoms with van der Waals surface area (Å²) in [6.07, 6.45) is 0. The first-order valence-corrected chi connectivity index (χ1v) is 6.44. The second-order valence-electron chi connectivity index (χ2n) is 4.60. The number of amides is 2. The lowest BCUT2D eigenvalue weighted by molar-refractivity contribution is -0.125. The fourth-order valence-electron chi connectivity index (χ4n) is 2.21. The highest BCUT2D eigenvalue weighted by molar-refractivity contribution is 5.83. The summed E-state index contributed by atoms with van der Waals surface area (Å²) >= 11 is 0. The van der Waals surface area contributed by atoms with Crippen LogP contribution in [0.2, 0.25) is 0 Å². The molecular formula is C13H22N4O2. The fraction of sp³-hybridized carbons (Fsp3) is 0.615. The average Bonchev–Trinajstić information content (AvgIpc) is 2.61. The average molecular weight is 266 g/mol. The minimum atomic E-state index is -0.214. The van der Waals surface area contributed by atoms with Gasteiger partial charge in [-0.1, -0.05) is 0 Å². The third kappa shape index (κ3) is 3.81. The largest absolute Gasteiger partial charge is 0.348 e. The van der Waals surface area contributed by atoms with E-state index in [4.69, 9.17) is 0 Å². The van der Waals surface area contributed by atoms with Gasteiger partial charge in [0.1, 0.15) is 0 Å². The van der Waals surface area contributed by atoms with E-state index in [1.807, 2.05) is 32.4 Å². The number of aromatic nitrogens is 2. The van der Waals surface area contributed by atoms with Gasteiger partial charge in [-0.15, -0.1) is 0 Å². The van der Waals surface area contributed by atoms with Crippen molar-refractivity contribution >= 4 is 11.8 Å². The van der Waals surface area contributed by atoms with Crippen LogP contribution in [0, 0.1) is 13.8 Å². The molecule has 2 amide bonds. The van der Waals surface area contributed by atoms with Gasteiger partial charge in [-0.05, 0) is 27.7 Å². The Labute approximate surface area is 113 Å². The highest BCUT2D eigenvalue weighted by Crippen LogP contribution is 2.21. The summed E-state index contributed by atoms with van der Waals surface area (Å²) in [5.74, 6) is -0.417. The van der Waals surface area contributed by atoms with Crippen LogP contribution in [0.3, 0.4) is 0 Å². The van der Waals surface area contributed by atoms with Gasteiger partial charge in [0.05, 0.1) is 18.3 Å². The molecule has 0 fully saturated rings. The van der Waals surface area contributed by atoms with E-state index < -0.39 is 0 Å². The van der Waals surface area contributed by atoms with Crippen LogP contribution in [-0.2, 0) is 16.1 Å². The summed E-state index contributed by atoms with van der Waals surface area (Å²) in [6.45, 7) is 10.1. The lowest BCUT2D eigenvalue weighted by Crippen LogP contribution is -2.37. The molecule has 106 valence electrons. The maximum absolute atomic E-state index is 11.7. The van der Waals surface area contributed by atoms with Gasteiger partial charge >= 0.3 is 0 Å². The van der Waals surface area contributed by atoms with Crippen molar-refractivity contribution in [2.24, 2.45) is 0 Å². The Morgan fingerprint density at radius 3 is 2.47 bits per heavy atom. The standard InChI is InChI=1S/C13H22N4O2/c1-6-17-10(4)13(9(3)16-17)8(2)15-12(19)7-14-11(5)18/h8H,6-7H2,1-5H3,(H,14,18)(H,15,19). The van der Waals surface area contributed by atoms with E-state index in [0.717, 1.165) is 23.5 Å². The summed E-state index contributed by atoms with van der Waals surface area (Å²) < 4.78 is 1.92. The zero-order valence-corrected chi connectivity index (χ0v) is 12.2. The van der Waals surface area contributed by atoms with E-state index in [2.05, 4.69) is 15.7 Å². The Kier molecular flexibility index (Phi) is 5.09. The molecule has 1 aromatic rings. The van der Waals surface area contributed by atoms with Crippen LogP contribution >= 0.6 is 0 Å². The van der Waals surface area contributed by atoms with Crippen molar-refractivity contribution in [2.75, 3.05) is 6.54 Å². The van der Waals surface area contributed by atoms with Gasteiger partial charge in [-0.25, -0.2) is 0 Å². The van der Waals surface area contributed by atoms with Crippen molar-refractivity contribution in [3.05, 3.63) is 17.0 Å². The number of hydrogen-bond donors (Lipinski definition) is 2. The maximum atomic E-state index is 11.7. The summed E-state index contributed by atoms with van der Waals surface area (Å²) in [4.78, 5) is 22.4. The zero-order chi connectivity index (χ0) is 14.6. The van der Waals surface area contributed by atoms with Crippen molar-refractivity contribution in [2.45, 2.75) is 47.2 Å². The predicted octanol–water partition coefficient (Wildman–Crippen LogP) is 0.833. The monoisotopic (exact) mass is 266 g/mol. The molecule has 2 N–H and O–H groups in total. The van der Waals surface area contributed by atoms with Gasteiger partial charge < -0.3 is 10.6 Å². The van der Waals surface area contributed by atoms with Gasteiger partial charge in [0.25, 0.3) is 0 Å². The van der Waals surface area contributed by atoms with Crippen molar-refractivity contribution in [3.8, 4) is 0 Å². The fourth-order valence-corrected chi connectivity index (χ4v) is 2.21. The van der Waals surface area contributed by atoms with Crippen LogP contribution in [0.1, 0.15) is 43.8 Å². The van der Waals surface area contributed by atoms with Gasteiger partial charge in [-0.3, -0.25) is 14.3 Å². The molecule has 1 rings (SSSR count). The molecular weight excluding hydrogens is 244 g/mol. The molecule has 0 bridgehead atoms. The van der Waals surface area contributed by atoms with Crippen LogP contribution in [0.15, 0.2) is 0 Å². The van der Waals surface area contributed by atoms with Crippen LogP contribution in [0.4, 0.5) is 0 Å². The van der Waals surface area contributed by atoms with Crippen LogP contribution in [0.5, 0.6) is 0 Å². The lowest BCUT2D eigenvalue weighted by atomic mass is 10.1. The molecule has 19 heavy (non-hydrogen) atoms. The SMILES string of the molecule is CCn1nc(C)c(C(C)NC(=O)CNC(C)=O)c1C. The molecule has 1 unspecified atom stereocenters. The highest BCUT2D eigenvalue weighted by atomic mass is 16.2. The van der Waals surface area contributed by atoms with E-state index >= 15 is 0 Å². The van der Waals surface area contributed by atoms with E-state index in [9.17, 15) is 9.59 Å². The number of aryl methyl sites for hydroxylation is 2. The molecule has 6 nitrogen and oxygen atoms in total. The molecule has 0 spiro atoms. The number of carbonyl (C=O) groups is 2. The summed E-state index contributed by atoms with van der Waals surface area (Å²) in [7, 11) is 0. The van der Waals surface area contributed by atoms with E-state index in [1.165, 1.54) is 6.92 Å². The van der Waals surface area contributed by atoms with Crippen LogP contribution in [-0.4, -0.2) is 28.1 Å². The van der Waals surface area contributed by atoms with Crippen LogP contribution < -0.4 is 10.6 Å². The minimum absolute atomic E-state index is 0.000314. The molecule has 6 heteroatoms. The first-order chi connectivity index (χ1) is 8.86. The summed E-state index contributed by atoms with van der Waals surface area (Å²) in [5.41, 5.74) is 3.03. The minimum Gasteiger partial charge on any atom is -0.348 e. The topological polar surface area (TPSA) is 76.0 Å². The Bertz CT molecular complexity index is 479. The summed E-state index contributed by atoms with van der Waals surface area (Å²) in [6, 6.07) is -0.124. The van der Waals surface area contributed by atoms with Crippen molar-refractivity contribution in [1.29, 1.82) is 0 Å². The third-order valence-electron chi connectivity index (χ3n) is 3.05. The number of hydrogen-bond acceptors (Lipinski definition) is 3. The molecule has 1 heterocycles. The molecule has 0 saturated heterocycles. The number of nitrogens with zero attached hydrogens (tertiary/aromatic N) is 2. The Morgan fingerprint density at radius 1 is 1.37 bits per heavy atom. The predicted molar refractivity (Wildman–Crippen MR) is 72.6 cm³/mol. The van der Waals surface area contributed by atoms with Crippen molar-refractivity contribution in [1.82, 2.24) is 20.4 Å². The van der Waals surface area contributed by atoms with Gasteiger partial charge in [0.2, 0.25) is 11.8 Å². The Hall–Kier alpha value is -1.85. The van der Waals surface area contributed by atoms with E-state index in [-0.39, 0.29) is 24.4 Å². The molecule has 1 atom stereocenters. The van der Waals surface area contributed by atoms with Gasteiger partial charge in [0, 0.05) is 24.7 Å². The molecule has 0 aliphatic heterocycles. The molecule has 0 saturated carbocycles. The Morgan fingerprint density at radius 2 is 2.00 bits per heavy atom. The van der Waals surface area contributed by atoms with Crippen LogP contribution in [0.25, 0.3) is 0 Å². The summed E-state index contributed by atoms with van der Waals surface area (Å²) in [5, 5.41) is 9.77. The van der Waals surface area contributed by atoms with Crippen molar-refractivity contribution < 1.29 is 9.59 Å². The zero-order valence-electron chi connectivity index (χ0n) is 12.2. The second kappa shape index (κ2) is 6.36. The highest BCUT2D eigenvalue weighted by Gasteiger charge is 2.18. The normalized spacial score (nSPS) is 12.1. The molecule has 0 radical (unpaired) electrons. The second-order valence-corrected chi connectivity index (χ2v) is 4.60. The van der Waals surface area contributed by atoms with Crippen molar-refractivity contribution in [3.63, 3.8) is 0 Å². The molecule has 1 aromatic heterocycles. The first-order valence-electron chi connectivity index (χ1n) is 6.44.